The molecule has 0 heterocycles. The molecule has 44 heavy (non-hydrogen) atoms. The highest BCUT2D eigenvalue weighted by molar-refractivity contribution is 7.89. The normalized spacial score (nSPS) is 14.5. The highest BCUT2D eigenvalue weighted by atomic mass is 32.2. The molecule has 0 spiro atoms. The van der Waals surface area contributed by atoms with Gasteiger partial charge >= 0.3 is 11.9 Å². The number of unbranched alkanes of at least 4 members (excludes halogenated alkanes) is 8. The average molecular weight is 641 g/mol. The standard InChI is InChI=1S/C32H52N2O9S/c1-4-6-7-8-12-15-23-44(41,42)33-22-14-11-9-10-13-16-27(32(40,21-5-2)31(38)39)29(36)34-28(30(37)43-3)24-25-17-19-26(35)20-18-25/h13,16-20,27-28,33,35,40H,4-12,14-15,21-24H2,1-3H3,(H,34,36)(H,38,39)/b16-13+/t27-,28+,32+/m1/s1. The Labute approximate surface area is 262 Å². The first-order chi connectivity index (χ1) is 20.9. The van der Waals surface area contributed by atoms with E-state index < -0.39 is 45.4 Å². The quantitative estimate of drug-likeness (QED) is 0.0628. The molecule has 1 rings (SSSR count). The number of methoxy groups -OCH3 is 1. The lowest BCUT2D eigenvalue weighted by Gasteiger charge is -2.30. The van der Waals surface area contributed by atoms with Crippen LogP contribution < -0.4 is 10.0 Å². The minimum Gasteiger partial charge on any atom is -0.508 e. The molecule has 5 N–H and O–H groups in total. The zero-order valence-corrected chi connectivity index (χ0v) is 27.2. The third-order valence-electron chi connectivity index (χ3n) is 7.44. The van der Waals surface area contributed by atoms with Gasteiger partial charge in [0.25, 0.3) is 0 Å². The van der Waals surface area contributed by atoms with Crippen LogP contribution in [0.15, 0.2) is 36.4 Å². The van der Waals surface area contributed by atoms with Crippen molar-refractivity contribution >= 4 is 27.9 Å². The largest absolute Gasteiger partial charge is 0.508 e. The number of benzene rings is 1. The number of carboxylic acid groups (broad SMARTS) is 1. The zero-order valence-electron chi connectivity index (χ0n) is 26.4. The summed E-state index contributed by atoms with van der Waals surface area (Å²) in [6.45, 7) is 4.16. The van der Waals surface area contributed by atoms with Crippen LogP contribution in [0.3, 0.4) is 0 Å². The van der Waals surface area contributed by atoms with Crippen molar-refractivity contribution in [1.82, 2.24) is 10.0 Å². The van der Waals surface area contributed by atoms with E-state index in [-0.39, 0.29) is 24.3 Å². The first-order valence-corrected chi connectivity index (χ1v) is 17.3. The number of aromatic hydroxyl groups is 1. The minimum atomic E-state index is -3.30. The fraction of sp³-hybridized carbons (Fsp3) is 0.656. The number of aliphatic hydroxyl groups is 1. The number of rotatable bonds is 24. The van der Waals surface area contributed by atoms with Gasteiger partial charge in [-0.25, -0.2) is 22.7 Å². The van der Waals surface area contributed by atoms with Gasteiger partial charge in [0.15, 0.2) is 5.60 Å². The lowest BCUT2D eigenvalue weighted by molar-refractivity contribution is -0.167. The van der Waals surface area contributed by atoms with Gasteiger partial charge in [-0.15, -0.1) is 0 Å². The van der Waals surface area contributed by atoms with Gasteiger partial charge in [-0.3, -0.25) is 4.79 Å². The molecule has 0 aliphatic rings. The number of carboxylic acids is 1. The molecule has 0 saturated carbocycles. The third kappa shape index (κ3) is 14.7. The maximum absolute atomic E-state index is 13.4. The molecule has 0 fully saturated rings. The molecule has 11 nitrogen and oxygen atoms in total. The van der Waals surface area contributed by atoms with E-state index >= 15 is 0 Å². The number of ether oxygens (including phenoxy) is 1. The molecule has 250 valence electrons. The number of nitrogens with one attached hydrogen (secondary N) is 2. The van der Waals surface area contributed by atoms with E-state index in [2.05, 4.69) is 17.0 Å². The van der Waals surface area contributed by atoms with Crippen LogP contribution in [-0.2, 0) is 35.6 Å². The summed E-state index contributed by atoms with van der Waals surface area (Å²) in [7, 11) is -2.13. The fourth-order valence-electron chi connectivity index (χ4n) is 4.87. The first kappa shape index (κ1) is 39.1. The minimum absolute atomic E-state index is 0.0249. The molecule has 1 aromatic rings. The van der Waals surface area contributed by atoms with Gasteiger partial charge < -0.3 is 25.4 Å². The lowest BCUT2D eigenvalue weighted by Crippen LogP contribution is -2.54. The van der Waals surface area contributed by atoms with E-state index in [9.17, 15) is 38.1 Å². The number of aliphatic carboxylic acids is 1. The highest BCUT2D eigenvalue weighted by Crippen LogP contribution is 2.27. The van der Waals surface area contributed by atoms with Gasteiger partial charge in [0.2, 0.25) is 15.9 Å². The van der Waals surface area contributed by atoms with Crippen molar-refractivity contribution < 1.29 is 42.9 Å². The summed E-state index contributed by atoms with van der Waals surface area (Å²) in [5.41, 5.74) is -1.78. The Kier molecular flexibility index (Phi) is 18.6. The summed E-state index contributed by atoms with van der Waals surface area (Å²) >= 11 is 0. The molecule has 0 aliphatic heterocycles. The molecule has 0 saturated heterocycles. The Bertz CT molecular complexity index is 1140. The summed E-state index contributed by atoms with van der Waals surface area (Å²) in [6, 6.07) is 4.89. The second-order valence-corrected chi connectivity index (χ2v) is 13.1. The molecular formula is C32H52N2O9S. The van der Waals surface area contributed by atoms with Crippen LogP contribution in [0.4, 0.5) is 0 Å². The number of carbonyl (C=O) groups excluding carboxylic acids is 2. The average Bonchev–Trinajstić information content (AvgIpc) is 2.98. The van der Waals surface area contributed by atoms with Gasteiger partial charge in [-0.2, -0.15) is 0 Å². The SMILES string of the molecule is CCCCCCCCS(=O)(=O)NCCCCC/C=C/[C@H](C(=O)N[C@@H](Cc1ccc(O)cc1)C(=O)OC)[C@@](O)(CCC)C(=O)O. The van der Waals surface area contributed by atoms with Crippen LogP contribution in [0.5, 0.6) is 5.75 Å². The van der Waals surface area contributed by atoms with Crippen molar-refractivity contribution in [1.29, 1.82) is 0 Å². The van der Waals surface area contributed by atoms with Crippen molar-refractivity contribution in [3.63, 3.8) is 0 Å². The predicted octanol–water partition coefficient (Wildman–Crippen LogP) is 4.22. The summed E-state index contributed by atoms with van der Waals surface area (Å²) < 4.78 is 31.8. The molecule has 0 unspecified atom stereocenters. The maximum Gasteiger partial charge on any atom is 0.336 e. The third-order valence-corrected chi connectivity index (χ3v) is 8.91. The van der Waals surface area contributed by atoms with Gasteiger partial charge in [0.1, 0.15) is 11.8 Å². The predicted molar refractivity (Wildman–Crippen MR) is 170 cm³/mol. The van der Waals surface area contributed by atoms with Gasteiger partial charge in [-0.05, 0) is 49.8 Å². The lowest BCUT2D eigenvalue weighted by atomic mass is 9.82. The number of carbonyl (C=O) groups is 3. The van der Waals surface area contributed by atoms with E-state index in [1.807, 2.05) is 0 Å². The molecule has 0 aromatic heterocycles. The topological polar surface area (TPSA) is 179 Å². The van der Waals surface area contributed by atoms with Crippen molar-refractivity contribution in [3.05, 3.63) is 42.0 Å². The van der Waals surface area contributed by atoms with Crippen LogP contribution in [0.2, 0.25) is 0 Å². The number of phenolic OH excluding ortho intramolecular Hbond substituents is 1. The van der Waals surface area contributed by atoms with Crippen LogP contribution in [0, 0.1) is 5.92 Å². The van der Waals surface area contributed by atoms with Crippen molar-refractivity contribution in [2.45, 2.75) is 109 Å². The van der Waals surface area contributed by atoms with Crippen molar-refractivity contribution in [2.75, 3.05) is 19.4 Å². The Balaban J connectivity index is 2.76. The van der Waals surface area contributed by atoms with Crippen molar-refractivity contribution in [3.8, 4) is 5.75 Å². The Morgan fingerprint density at radius 3 is 2.20 bits per heavy atom. The summed E-state index contributed by atoms with van der Waals surface area (Å²) in [4.78, 5) is 38.0. The Morgan fingerprint density at radius 1 is 0.955 bits per heavy atom. The molecule has 12 heteroatoms. The smallest absolute Gasteiger partial charge is 0.336 e. The zero-order chi connectivity index (χ0) is 33.0. The Morgan fingerprint density at radius 2 is 1.59 bits per heavy atom. The van der Waals surface area contributed by atoms with E-state index in [0.717, 1.165) is 25.7 Å². The first-order valence-electron chi connectivity index (χ1n) is 15.7. The monoisotopic (exact) mass is 640 g/mol. The molecule has 1 amide bonds. The van der Waals surface area contributed by atoms with Crippen molar-refractivity contribution in [2.24, 2.45) is 5.92 Å². The van der Waals surface area contributed by atoms with E-state index in [0.29, 0.717) is 50.6 Å². The highest BCUT2D eigenvalue weighted by Gasteiger charge is 2.46. The number of phenols is 1. The number of allylic oxidation sites excluding steroid dienone is 1. The van der Waals surface area contributed by atoms with Gasteiger partial charge in [0.05, 0.1) is 18.8 Å². The van der Waals surface area contributed by atoms with E-state index in [4.69, 9.17) is 4.74 Å². The second kappa shape index (κ2) is 20.9. The number of hydrogen-bond donors (Lipinski definition) is 5. The number of sulfonamides is 1. The fourth-order valence-corrected chi connectivity index (χ4v) is 6.06. The number of amides is 1. The van der Waals surface area contributed by atoms with Gasteiger partial charge in [0, 0.05) is 13.0 Å². The molecule has 3 atom stereocenters. The van der Waals surface area contributed by atoms with Gasteiger partial charge in [-0.1, -0.05) is 83.1 Å². The second-order valence-electron chi connectivity index (χ2n) is 11.2. The molecular weight excluding hydrogens is 588 g/mol. The number of esters is 1. The summed E-state index contributed by atoms with van der Waals surface area (Å²) in [6.07, 6.45) is 11.6. The van der Waals surface area contributed by atoms with Crippen LogP contribution >= 0.6 is 0 Å². The summed E-state index contributed by atoms with van der Waals surface area (Å²) in [5.74, 6) is -4.46. The van der Waals surface area contributed by atoms with E-state index in [1.54, 1.807) is 25.1 Å². The molecule has 1 aromatic carbocycles. The van der Waals surface area contributed by atoms with Crippen LogP contribution in [-0.4, -0.2) is 72.6 Å². The van der Waals surface area contributed by atoms with Crippen LogP contribution in [0.1, 0.15) is 96.5 Å². The summed E-state index contributed by atoms with van der Waals surface area (Å²) in [5, 5.41) is 33.0. The molecule has 0 radical (unpaired) electrons. The van der Waals surface area contributed by atoms with Crippen LogP contribution in [0.25, 0.3) is 0 Å². The maximum atomic E-state index is 13.4. The number of hydrogen-bond acceptors (Lipinski definition) is 8. The molecule has 0 aliphatic carbocycles. The van der Waals surface area contributed by atoms with E-state index in [1.165, 1.54) is 31.7 Å². The molecule has 0 bridgehead atoms. The Hall–Kier alpha value is -2.96.